The third-order valence-electron chi connectivity index (χ3n) is 7.96. The van der Waals surface area contributed by atoms with Gasteiger partial charge in [0.05, 0.1) is 36.4 Å². The molecule has 0 amide bonds. The molecule has 4 heterocycles. The minimum atomic E-state index is -4.55. The number of imidazole rings is 1. The van der Waals surface area contributed by atoms with Crippen molar-refractivity contribution >= 4 is 47.3 Å². The van der Waals surface area contributed by atoms with E-state index in [1.807, 2.05) is 42.2 Å². The SMILES string of the molecule is C=N/C=C\n1ncc(Oc2cnc3nc(Nc4ccc(CN5CC[C@@H](OCc6ccccc6)C5)c(C(F)(F)F)c4)n(C)c3c2Cl)c1C. The van der Waals surface area contributed by atoms with Crippen molar-refractivity contribution in [1.82, 2.24) is 29.2 Å². The van der Waals surface area contributed by atoms with E-state index in [0.717, 1.165) is 18.1 Å². The lowest BCUT2D eigenvalue weighted by Crippen LogP contribution is -2.24. The molecular formula is C33H32ClF3N8O2. The molecule has 10 nitrogen and oxygen atoms in total. The van der Waals surface area contributed by atoms with Crippen LogP contribution in [0.5, 0.6) is 11.5 Å². The van der Waals surface area contributed by atoms with Gasteiger partial charge in [0.15, 0.2) is 17.1 Å². The summed E-state index contributed by atoms with van der Waals surface area (Å²) >= 11 is 6.72. The van der Waals surface area contributed by atoms with E-state index in [2.05, 4.69) is 32.1 Å². The van der Waals surface area contributed by atoms with Gasteiger partial charge in [-0.15, -0.1) is 0 Å². The molecule has 0 radical (unpaired) electrons. The summed E-state index contributed by atoms with van der Waals surface area (Å²) < 4.78 is 58.1. The Morgan fingerprint density at radius 2 is 1.96 bits per heavy atom. The molecule has 0 aliphatic carbocycles. The highest BCUT2D eigenvalue weighted by Crippen LogP contribution is 2.38. The van der Waals surface area contributed by atoms with Crippen molar-refractivity contribution in [2.75, 3.05) is 18.4 Å². The van der Waals surface area contributed by atoms with Crippen molar-refractivity contribution in [1.29, 1.82) is 0 Å². The van der Waals surface area contributed by atoms with Crippen molar-refractivity contribution in [3.8, 4) is 11.5 Å². The normalized spacial score (nSPS) is 15.6. The maximum atomic E-state index is 14.3. The third-order valence-corrected chi connectivity index (χ3v) is 8.33. The number of alkyl halides is 3. The van der Waals surface area contributed by atoms with E-state index >= 15 is 0 Å². The quantitative estimate of drug-likeness (QED) is 0.145. The average molecular weight is 665 g/mol. The second-order valence-electron chi connectivity index (χ2n) is 11.2. The summed E-state index contributed by atoms with van der Waals surface area (Å²) in [5.74, 6) is 0.975. The topological polar surface area (TPSA) is 94.6 Å². The van der Waals surface area contributed by atoms with E-state index in [4.69, 9.17) is 21.1 Å². The van der Waals surface area contributed by atoms with Crippen LogP contribution < -0.4 is 10.1 Å². The summed E-state index contributed by atoms with van der Waals surface area (Å²) in [6, 6.07) is 14.1. The number of rotatable bonds is 11. The summed E-state index contributed by atoms with van der Waals surface area (Å²) in [7, 11) is 1.69. The zero-order valence-corrected chi connectivity index (χ0v) is 26.5. The van der Waals surface area contributed by atoms with Crippen molar-refractivity contribution in [2.24, 2.45) is 12.0 Å². The Bertz CT molecular complexity index is 1920. The molecule has 1 fully saturated rings. The van der Waals surface area contributed by atoms with E-state index in [1.165, 1.54) is 24.7 Å². The fraction of sp³-hybridized carbons (Fsp3) is 0.273. The minimum absolute atomic E-state index is 0.0341. The Balaban J connectivity index is 1.17. The maximum Gasteiger partial charge on any atom is 0.416 e. The molecule has 0 saturated carbocycles. The predicted molar refractivity (Wildman–Crippen MR) is 175 cm³/mol. The van der Waals surface area contributed by atoms with Crippen LogP contribution >= 0.6 is 11.6 Å². The van der Waals surface area contributed by atoms with Gasteiger partial charge in [-0.05, 0) is 43.3 Å². The lowest BCUT2D eigenvalue weighted by Gasteiger charge is -2.20. The number of aryl methyl sites for hydroxylation is 1. The molecule has 1 N–H and O–H groups in total. The lowest BCUT2D eigenvalue weighted by atomic mass is 10.1. The Morgan fingerprint density at radius 1 is 1.15 bits per heavy atom. The molecule has 1 atom stereocenters. The zero-order valence-electron chi connectivity index (χ0n) is 25.7. The molecule has 47 heavy (non-hydrogen) atoms. The Morgan fingerprint density at radius 3 is 2.72 bits per heavy atom. The van der Waals surface area contributed by atoms with Gasteiger partial charge in [0.25, 0.3) is 0 Å². The molecule has 5 aromatic rings. The first-order valence-electron chi connectivity index (χ1n) is 14.8. The molecule has 1 aliphatic heterocycles. The number of hydrogen-bond donors (Lipinski definition) is 1. The molecule has 6 rings (SSSR count). The largest absolute Gasteiger partial charge is 0.450 e. The number of aromatic nitrogens is 5. The fourth-order valence-electron chi connectivity index (χ4n) is 5.47. The molecule has 1 aliphatic rings. The van der Waals surface area contributed by atoms with Crippen LogP contribution in [-0.4, -0.2) is 55.1 Å². The molecule has 0 spiro atoms. The van der Waals surface area contributed by atoms with Crippen molar-refractivity contribution in [2.45, 2.75) is 38.8 Å². The maximum absolute atomic E-state index is 14.3. The number of nitrogens with zero attached hydrogens (tertiary/aromatic N) is 7. The van der Waals surface area contributed by atoms with Gasteiger partial charge >= 0.3 is 6.18 Å². The van der Waals surface area contributed by atoms with Gasteiger partial charge in [-0.25, -0.2) is 9.67 Å². The number of fused-ring (bicyclic) bond motifs is 1. The molecular weight excluding hydrogens is 633 g/mol. The Kier molecular flexibility index (Phi) is 9.30. The fourth-order valence-corrected chi connectivity index (χ4v) is 5.77. The van der Waals surface area contributed by atoms with E-state index in [1.54, 1.807) is 28.6 Å². The van der Waals surface area contributed by atoms with Crippen LogP contribution in [0.25, 0.3) is 17.4 Å². The summed E-state index contributed by atoms with van der Waals surface area (Å²) in [6.45, 7) is 7.07. The van der Waals surface area contributed by atoms with Crippen LogP contribution in [0, 0.1) is 6.92 Å². The van der Waals surface area contributed by atoms with E-state index < -0.39 is 11.7 Å². The van der Waals surface area contributed by atoms with Gasteiger partial charge in [0, 0.05) is 44.8 Å². The van der Waals surface area contributed by atoms with Gasteiger partial charge in [-0.1, -0.05) is 48.0 Å². The lowest BCUT2D eigenvalue weighted by molar-refractivity contribution is -0.138. The van der Waals surface area contributed by atoms with Crippen molar-refractivity contribution < 1.29 is 22.6 Å². The second kappa shape index (κ2) is 13.6. The average Bonchev–Trinajstić information content (AvgIpc) is 3.74. The third kappa shape index (κ3) is 7.17. The van der Waals surface area contributed by atoms with Crippen LogP contribution in [0.2, 0.25) is 5.02 Å². The predicted octanol–water partition coefficient (Wildman–Crippen LogP) is 7.60. The second-order valence-corrected chi connectivity index (χ2v) is 11.5. The smallest absolute Gasteiger partial charge is 0.416 e. The van der Waals surface area contributed by atoms with E-state index in [0.29, 0.717) is 42.3 Å². The number of benzene rings is 2. The minimum Gasteiger partial charge on any atom is -0.450 e. The molecule has 2 aromatic carbocycles. The molecule has 0 unspecified atom stereocenters. The summed E-state index contributed by atoms with van der Waals surface area (Å²) in [6.07, 6.45) is 2.26. The summed E-state index contributed by atoms with van der Waals surface area (Å²) in [5.41, 5.74) is 2.20. The summed E-state index contributed by atoms with van der Waals surface area (Å²) in [4.78, 5) is 14.5. The van der Waals surface area contributed by atoms with Gasteiger partial charge in [0.1, 0.15) is 10.5 Å². The van der Waals surface area contributed by atoms with Crippen LogP contribution in [0.3, 0.4) is 0 Å². The molecule has 14 heteroatoms. The van der Waals surface area contributed by atoms with Gasteiger partial charge in [0.2, 0.25) is 5.95 Å². The van der Waals surface area contributed by atoms with Gasteiger partial charge in [-0.3, -0.25) is 9.89 Å². The number of halogens is 4. The first-order chi connectivity index (χ1) is 22.6. The first kappa shape index (κ1) is 32.2. The van der Waals surface area contributed by atoms with Gasteiger partial charge < -0.3 is 19.4 Å². The van der Waals surface area contributed by atoms with E-state index in [9.17, 15) is 13.2 Å². The zero-order chi connectivity index (χ0) is 33.1. The number of hydrogen-bond acceptors (Lipinski definition) is 8. The number of likely N-dealkylation sites (tertiary alicyclic amines) is 1. The number of aliphatic imine (C=N–C) groups is 1. The number of pyridine rings is 1. The molecule has 0 bridgehead atoms. The van der Waals surface area contributed by atoms with Gasteiger partial charge in [-0.2, -0.15) is 23.3 Å². The van der Waals surface area contributed by atoms with Crippen molar-refractivity contribution in [3.63, 3.8) is 0 Å². The standard InChI is InChI=1S/C33H32ClF3N8O2/c1-21-27(17-40-45(21)14-12-38-2)47-28-16-39-31-30(29(28)34)43(3)32(42-31)41-24-10-9-23(26(15-24)33(35,36)37)18-44-13-11-25(19-44)46-20-22-7-5-4-6-8-22/h4-10,12,14-17,25H,2,11,13,18-20H2,1,3H3,(H,39,41,42)/b14-12-/t25-/m1/s1. The van der Waals surface area contributed by atoms with Crippen molar-refractivity contribution in [3.05, 3.63) is 94.5 Å². The van der Waals surface area contributed by atoms with Crippen LogP contribution in [0.1, 0.15) is 28.8 Å². The highest BCUT2D eigenvalue weighted by atomic mass is 35.5. The first-order valence-corrected chi connectivity index (χ1v) is 15.2. The van der Waals surface area contributed by atoms with Crippen LogP contribution in [0.4, 0.5) is 24.8 Å². The molecule has 1 saturated heterocycles. The Hall–Kier alpha value is -4.72. The van der Waals surface area contributed by atoms with Crippen LogP contribution in [-0.2, 0) is 31.1 Å². The summed E-state index contributed by atoms with van der Waals surface area (Å²) in [5, 5.41) is 7.47. The monoisotopic (exact) mass is 664 g/mol. The van der Waals surface area contributed by atoms with Crippen LogP contribution in [0.15, 0.2) is 72.1 Å². The highest BCUT2D eigenvalue weighted by Gasteiger charge is 2.35. The number of ether oxygens (including phenoxy) is 2. The molecule has 244 valence electrons. The Labute approximate surface area is 274 Å². The number of anilines is 2. The van der Waals surface area contributed by atoms with E-state index in [-0.39, 0.29) is 40.6 Å². The number of nitrogens with one attached hydrogen (secondary N) is 1. The highest BCUT2D eigenvalue weighted by molar-refractivity contribution is 6.36. The molecule has 3 aromatic heterocycles.